The maximum absolute atomic E-state index is 11.5. The van der Waals surface area contributed by atoms with Crippen LogP contribution in [-0.2, 0) is 9.53 Å². The van der Waals surface area contributed by atoms with E-state index in [0.717, 1.165) is 12.8 Å². The lowest BCUT2D eigenvalue weighted by atomic mass is 10.1. The molecule has 0 aromatic heterocycles. The van der Waals surface area contributed by atoms with E-state index in [1.54, 1.807) is 7.11 Å². The molecule has 0 aliphatic rings. The second-order valence-corrected chi connectivity index (χ2v) is 3.38. The molecule has 84 valence electrons. The zero-order valence-corrected chi connectivity index (χ0v) is 9.38. The number of hydrogen-bond donors (Lipinski definition) is 2. The van der Waals surface area contributed by atoms with Gasteiger partial charge in [-0.25, -0.2) is 0 Å². The molecule has 14 heavy (non-hydrogen) atoms. The molecular weight excluding hydrogens is 180 g/mol. The third-order valence-corrected chi connectivity index (χ3v) is 2.36. The van der Waals surface area contributed by atoms with Crippen molar-refractivity contribution in [1.29, 1.82) is 0 Å². The molecule has 0 aromatic carbocycles. The molecule has 0 heterocycles. The molecule has 0 aliphatic heterocycles. The molecule has 0 fully saturated rings. The van der Waals surface area contributed by atoms with Gasteiger partial charge in [0.1, 0.15) is 0 Å². The van der Waals surface area contributed by atoms with Crippen molar-refractivity contribution in [2.75, 3.05) is 13.7 Å². The summed E-state index contributed by atoms with van der Waals surface area (Å²) in [6, 6.07) is 0.276. The third kappa shape index (κ3) is 5.19. The average Bonchev–Trinajstić information content (AvgIpc) is 2.22. The fraction of sp³-hybridized carbons (Fsp3) is 0.900. The van der Waals surface area contributed by atoms with E-state index < -0.39 is 0 Å². The van der Waals surface area contributed by atoms with Crippen LogP contribution in [0.2, 0.25) is 0 Å². The molecule has 0 saturated heterocycles. The highest BCUT2D eigenvalue weighted by Gasteiger charge is 2.13. The van der Waals surface area contributed by atoms with Crippen molar-refractivity contribution in [3.63, 3.8) is 0 Å². The summed E-state index contributed by atoms with van der Waals surface area (Å²) in [5.74, 6) is 0.0241. The lowest BCUT2D eigenvalue weighted by molar-refractivity contribution is -0.124. The summed E-state index contributed by atoms with van der Waals surface area (Å²) in [6.07, 6.45) is 2.11. The number of ether oxygens (including phenoxy) is 1. The van der Waals surface area contributed by atoms with Crippen LogP contribution in [0.25, 0.3) is 0 Å². The van der Waals surface area contributed by atoms with Gasteiger partial charge in [0, 0.05) is 19.7 Å². The fourth-order valence-electron chi connectivity index (χ4n) is 1.25. The van der Waals surface area contributed by atoms with E-state index in [1.807, 2.05) is 0 Å². The van der Waals surface area contributed by atoms with Gasteiger partial charge < -0.3 is 15.8 Å². The molecule has 0 spiro atoms. The van der Waals surface area contributed by atoms with Gasteiger partial charge in [-0.2, -0.15) is 0 Å². The SMILES string of the molecule is CCC(CC)NC(=O)CC(CN)OC. The molecule has 0 radical (unpaired) electrons. The number of carbonyl (C=O) groups excluding carboxylic acids is 1. The van der Waals surface area contributed by atoms with Crippen LogP contribution in [0.1, 0.15) is 33.1 Å². The van der Waals surface area contributed by atoms with E-state index in [0.29, 0.717) is 13.0 Å². The molecule has 0 saturated carbocycles. The molecule has 3 N–H and O–H groups in total. The summed E-state index contributed by atoms with van der Waals surface area (Å²) in [4.78, 5) is 11.5. The first-order chi connectivity index (χ1) is 6.67. The van der Waals surface area contributed by atoms with Crippen LogP contribution in [0.5, 0.6) is 0 Å². The first-order valence-corrected chi connectivity index (χ1v) is 5.20. The topological polar surface area (TPSA) is 64.4 Å². The van der Waals surface area contributed by atoms with Crippen LogP contribution >= 0.6 is 0 Å². The van der Waals surface area contributed by atoms with Crippen molar-refractivity contribution in [3.05, 3.63) is 0 Å². The normalized spacial score (nSPS) is 12.9. The Morgan fingerprint density at radius 1 is 1.43 bits per heavy atom. The van der Waals surface area contributed by atoms with E-state index in [-0.39, 0.29) is 18.1 Å². The monoisotopic (exact) mass is 202 g/mol. The Balaban J connectivity index is 3.83. The molecule has 0 bridgehead atoms. The summed E-state index contributed by atoms with van der Waals surface area (Å²) in [6.45, 7) is 4.50. The Bertz CT molecular complexity index is 138. The summed E-state index contributed by atoms with van der Waals surface area (Å²) in [7, 11) is 1.57. The second kappa shape index (κ2) is 7.76. The molecule has 0 rings (SSSR count). The molecule has 4 heteroatoms. The maximum Gasteiger partial charge on any atom is 0.222 e. The molecule has 1 amide bonds. The zero-order valence-electron chi connectivity index (χ0n) is 9.38. The molecule has 0 aliphatic carbocycles. The van der Waals surface area contributed by atoms with E-state index in [9.17, 15) is 4.79 Å². The predicted octanol–water partition coefficient (Wildman–Crippen LogP) is 0.655. The summed E-state index contributed by atoms with van der Waals surface area (Å²) in [5.41, 5.74) is 5.42. The van der Waals surface area contributed by atoms with Gasteiger partial charge in [0.25, 0.3) is 0 Å². The van der Waals surface area contributed by atoms with Crippen molar-refractivity contribution in [2.24, 2.45) is 5.73 Å². The van der Waals surface area contributed by atoms with Crippen LogP contribution in [0.15, 0.2) is 0 Å². The van der Waals surface area contributed by atoms with Crippen molar-refractivity contribution in [2.45, 2.75) is 45.3 Å². The lowest BCUT2D eigenvalue weighted by Crippen LogP contribution is -2.37. The first-order valence-electron chi connectivity index (χ1n) is 5.20. The highest BCUT2D eigenvalue weighted by Crippen LogP contribution is 1.99. The van der Waals surface area contributed by atoms with Crippen molar-refractivity contribution in [1.82, 2.24) is 5.32 Å². The summed E-state index contributed by atoms with van der Waals surface area (Å²) >= 11 is 0. The number of nitrogens with one attached hydrogen (secondary N) is 1. The molecule has 0 aromatic rings. The Kier molecular flexibility index (Phi) is 7.42. The number of amides is 1. The van der Waals surface area contributed by atoms with Crippen LogP contribution in [0.4, 0.5) is 0 Å². The first kappa shape index (κ1) is 13.4. The van der Waals surface area contributed by atoms with Gasteiger partial charge in [0.15, 0.2) is 0 Å². The average molecular weight is 202 g/mol. The quantitative estimate of drug-likeness (QED) is 0.637. The van der Waals surface area contributed by atoms with Gasteiger partial charge in [-0.15, -0.1) is 0 Å². The van der Waals surface area contributed by atoms with Crippen LogP contribution in [0, 0.1) is 0 Å². The number of methoxy groups -OCH3 is 1. The van der Waals surface area contributed by atoms with Crippen molar-refractivity contribution in [3.8, 4) is 0 Å². The minimum Gasteiger partial charge on any atom is -0.380 e. The summed E-state index contributed by atoms with van der Waals surface area (Å²) < 4.78 is 5.03. The molecule has 1 atom stereocenters. The minimum absolute atomic E-state index is 0.0241. The highest BCUT2D eigenvalue weighted by molar-refractivity contribution is 5.76. The zero-order chi connectivity index (χ0) is 11.0. The van der Waals surface area contributed by atoms with Crippen molar-refractivity contribution >= 4 is 5.91 Å². The number of hydrogen-bond acceptors (Lipinski definition) is 3. The Morgan fingerprint density at radius 2 is 2.00 bits per heavy atom. The molecule has 4 nitrogen and oxygen atoms in total. The second-order valence-electron chi connectivity index (χ2n) is 3.38. The number of carbonyl (C=O) groups is 1. The van der Waals surface area contributed by atoms with E-state index in [1.165, 1.54) is 0 Å². The van der Waals surface area contributed by atoms with E-state index >= 15 is 0 Å². The predicted molar refractivity (Wildman–Crippen MR) is 57.0 cm³/mol. The molecule has 1 unspecified atom stereocenters. The third-order valence-electron chi connectivity index (χ3n) is 2.36. The van der Waals surface area contributed by atoms with Gasteiger partial charge in [-0.3, -0.25) is 4.79 Å². The van der Waals surface area contributed by atoms with Gasteiger partial charge in [0.05, 0.1) is 12.5 Å². The van der Waals surface area contributed by atoms with Gasteiger partial charge in [0.2, 0.25) is 5.91 Å². The highest BCUT2D eigenvalue weighted by atomic mass is 16.5. The lowest BCUT2D eigenvalue weighted by Gasteiger charge is -2.17. The number of nitrogens with two attached hydrogens (primary N) is 1. The van der Waals surface area contributed by atoms with Crippen LogP contribution in [0.3, 0.4) is 0 Å². The number of rotatable bonds is 7. The van der Waals surface area contributed by atoms with E-state index in [2.05, 4.69) is 19.2 Å². The summed E-state index contributed by atoms with van der Waals surface area (Å²) in [5, 5.41) is 2.94. The van der Waals surface area contributed by atoms with Crippen molar-refractivity contribution < 1.29 is 9.53 Å². The Hall–Kier alpha value is -0.610. The van der Waals surface area contributed by atoms with E-state index in [4.69, 9.17) is 10.5 Å². The standard InChI is InChI=1S/C10H22N2O2/c1-4-8(5-2)12-10(13)6-9(7-11)14-3/h8-9H,4-7,11H2,1-3H3,(H,12,13). The maximum atomic E-state index is 11.5. The van der Waals surface area contributed by atoms with Gasteiger partial charge in [-0.1, -0.05) is 13.8 Å². The smallest absolute Gasteiger partial charge is 0.222 e. The minimum atomic E-state index is -0.163. The Morgan fingerprint density at radius 3 is 2.36 bits per heavy atom. The van der Waals surface area contributed by atoms with Crippen LogP contribution in [-0.4, -0.2) is 31.7 Å². The fourth-order valence-corrected chi connectivity index (χ4v) is 1.25. The largest absolute Gasteiger partial charge is 0.380 e. The molecular formula is C10H22N2O2. The van der Waals surface area contributed by atoms with Gasteiger partial charge >= 0.3 is 0 Å². The van der Waals surface area contributed by atoms with Crippen LogP contribution < -0.4 is 11.1 Å². The van der Waals surface area contributed by atoms with Gasteiger partial charge in [-0.05, 0) is 12.8 Å². The Labute approximate surface area is 86.2 Å².